The lowest BCUT2D eigenvalue weighted by Gasteiger charge is -2.49. The lowest BCUT2D eigenvalue weighted by molar-refractivity contribution is -0.205. The molecule has 0 radical (unpaired) electrons. The summed E-state index contributed by atoms with van der Waals surface area (Å²) in [6.45, 7) is 6.93. The van der Waals surface area contributed by atoms with E-state index in [0.29, 0.717) is 5.57 Å². The van der Waals surface area contributed by atoms with Gasteiger partial charge in [0.1, 0.15) is 17.5 Å². The van der Waals surface area contributed by atoms with Gasteiger partial charge in [-0.25, -0.2) is 4.79 Å². The van der Waals surface area contributed by atoms with E-state index in [1.54, 1.807) is 6.92 Å². The van der Waals surface area contributed by atoms with Gasteiger partial charge in [-0.1, -0.05) is 73.3 Å². The summed E-state index contributed by atoms with van der Waals surface area (Å²) < 4.78 is 16.5. The quantitative estimate of drug-likeness (QED) is 0.213. The Hall–Kier alpha value is -4.43. The Morgan fingerprint density at radius 2 is 1.50 bits per heavy atom. The van der Waals surface area contributed by atoms with E-state index in [9.17, 15) is 14.4 Å². The number of esters is 1. The highest BCUT2D eigenvalue weighted by Crippen LogP contribution is 2.36. The Balaban J connectivity index is 0.000000408. The Labute approximate surface area is 221 Å². The van der Waals surface area contributed by atoms with Gasteiger partial charge in [-0.15, -0.1) is 0 Å². The molecular formula is C30H30N2O6. The van der Waals surface area contributed by atoms with E-state index < -0.39 is 29.7 Å². The molecule has 0 aliphatic carbocycles. The van der Waals surface area contributed by atoms with Gasteiger partial charge in [-0.2, -0.15) is 0 Å². The van der Waals surface area contributed by atoms with Crippen molar-refractivity contribution in [1.82, 2.24) is 10.2 Å². The molecule has 2 amide bonds. The minimum atomic E-state index is -1.80. The third kappa shape index (κ3) is 5.31. The number of likely N-dealkylation sites (tertiary alicyclic amines) is 1. The summed E-state index contributed by atoms with van der Waals surface area (Å²) in [5.74, 6) is 0.449. The fourth-order valence-corrected chi connectivity index (χ4v) is 4.40. The highest BCUT2D eigenvalue weighted by Gasteiger charge is 2.57. The van der Waals surface area contributed by atoms with Crippen molar-refractivity contribution in [3.8, 4) is 11.5 Å². The summed E-state index contributed by atoms with van der Waals surface area (Å²) in [5, 5.41) is 2.56. The Morgan fingerprint density at radius 3 is 1.84 bits per heavy atom. The zero-order chi connectivity index (χ0) is 27.3. The molecule has 2 bridgehead atoms. The lowest BCUT2D eigenvalue weighted by Crippen LogP contribution is -2.73. The van der Waals surface area contributed by atoms with Crippen LogP contribution in [0.1, 0.15) is 31.1 Å². The molecule has 2 unspecified atom stereocenters. The molecule has 6 rings (SSSR count). The van der Waals surface area contributed by atoms with Crippen LogP contribution in [0.25, 0.3) is 0 Å². The first-order chi connectivity index (χ1) is 18.3. The van der Waals surface area contributed by atoms with Crippen molar-refractivity contribution >= 4 is 17.8 Å². The topological polar surface area (TPSA) is 94.2 Å². The molecule has 3 aliphatic heterocycles. The molecule has 0 saturated carbocycles. The average molecular weight is 515 g/mol. The molecule has 0 spiro atoms. The summed E-state index contributed by atoms with van der Waals surface area (Å²) in [7, 11) is 1.33. The monoisotopic (exact) mass is 514 g/mol. The van der Waals surface area contributed by atoms with Crippen LogP contribution >= 0.6 is 0 Å². The number of hydrogen-bond acceptors (Lipinski definition) is 6. The maximum atomic E-state index is 13.5. The Morgan fingerprint density at radius 1 is 0.974 bits per heavy atom. The molecule has 38 heavy (non-hydrogen) atoms. The summed E-state index contributed by atoms with van der Waals surface area (Å²) in [5.41, 5.74) is 0.0579. The van der Waals surface area contributed by atoms with Gasteiger partial charge < -0.3 is 19.5 Å². The number of amides is 2. The second-order valence-electron chi connectivity index (χ2n) is 9.01. The van der Waals surface area contributed by atoms with Gasteiger partial charge in [0.15, 0.2) is 6.10 Å². The second kappa shape index (κ2) is 11.3. The highest BCUT2D eigenvalue weighted by molar-refractivity contribution is 5.97. The smallest absolute Gasteiger partial charge is 0.365 e. The number of nitrogens with one attached hydrogen (secondary N) is 1. The number of carbonyl (C=O) groups excluding carboxylic acids is 3. The van der Waals surface area contributed by atoms with Crippen molar-refractivity contribution in [2.24, 2.45) is 0 Å². The van der Waals surface area contributed by atoms with Gasteiger partial charge in [-0.3, -0.25) is 14.5 Å². The number of β-lactam (4-membered cyclic amide) rings is 1. The molecular weight excluding hydrogens is 484 g/mol. The minimum Gasteiger partial charge on any atom is -0.457 e. The van der Waals surface area contributed by atoms with Gasteiger partial charge in [0, 0.05) is 20.1 Å². The molecule has 2 atom stereocenters. The van der Waals surface area contributed by atoms with E-state index in [1.807, 2.05) is 84.9 Å². The molecule has 1 fully saturated rings. The zero-order valence-corrected chi connectivity index (χ0v) is 21.5. The number of methoxy groups -OCH3 is 1. The molecule has 0 aromatic heterocycles. The summed E-state index contributed by atoms with van der Waals surface area (Å²) in [6, 6.07) is 25.8. The zero-order valence-electron chi connectivity index (χ0n) is 21.5. The molecule has 8 nitrogen and oxygen atoms in total. The molecule has 3 heterocycles. The first-order valence-electron chi connectivity index (χ1n) is 12.1. The molecule has 3 aromatic carbocycles. The lowest BCUT2D eigenvalue weighted by atomic mass is 9.95. The number of fused-ring (bicyclic) bond motifs is 2. The fraction of sp³-hybridized carbons (Fsp3) is 0.233. The fourth-order valence-electron chi connectivity index (χ4n) is 4.40. The predicted molar refractivity (Wildman–Crippen MR) is 141 cm³/mol. The number of ether oxygens (including phenoxy) is 3. The van der Waals surface area contributed by atoms with E-state index >= 15 is 0 Å². The molecule has 1 saturated heterocycles. The standard InChI is InChI=1S/C24H26N2O5.C6H4O/c1-16(2)24(30-4,26-15-20(22(26)28)25-17(3)27)23(29)31-21(18-11-7-5-8-12-18)19-13-9-6-10-14-19;1-2-5-4-6(3-1)7-5/h5-14,20-21H,1,15H2,2-4H3,(H,25,27);1-4H. The average Bonchev–Trinajstić information content (AvgIpc) is 2.92. The normalized spacial score (nSPS) is 16.5. The van der Waals surface area contributed by atoms with Gasteiger partial charge in [0.05, 0.1) is 6.54 Å². The first-order valence-corrected chi connectivity index (χ1v) is 12.1. The van der Waals surface area contributed by atoms with Crippen LogP contribution in [-0.4, -0.2) is 48.1 Å². The van der Waals surface area contributed by atoms with Crippen molar-refractivity contribution < 1.29 is 28.6 Å². The van der Waals surface area contributed by atoms with Crippen molar-refractivity contribution in [1.29, 1.82) is 0 Å². The van der Waals surface area contributed by atoms with Crippen LogP contribution in [0.4, 0.5) is 0 Å². The SMILES string of the molecule is C=C(C)C(OC)(C(=O)OC(c1ccccc1)c1ccccc1)N1CC(NC(C)=O)C1=O.c1cc2cc(c1)O2. The van der Waals surface area contributed by atoms with Crippen LogP contribution in [-0.2, 0) is 23.9 Å². The van der Waals surface area contributed by atoms with Crippen LogP contribution in [0.15, 0.2) is 97.1 Å². The maximum absolute atomic E-state index is 13.5. The number of hydrogen-bond donors (Lipinski definition) is 1. The molecule has 1 N–H and O–H groups in total. The van der Waals surface area contributed by atoms with Crippen molar-refractivity contribution in [2.75, 3.05) is 13.7 Å². The first kappa shape index (κ1) is 26.6. The van der Waals surface area contributed by atoms with Crippen molar-refractivity contribution in [2.45, 2.75) is 31.7 Å². The van der Waals surface area contributed by atoms with Crippen LogP contribution in [0.3, 0.4) is 0 Å². The van der Waals surface area contributed by atoms with E-state index in [0.717, 1.165) is 22.6 Å². The maximum Gasteiger partial charge on any atom is 0.365 e. The Bertz CT molecular complexity index is 1260. The van der Waals surface area contributed by atoms with Crippen LogP contribution in [0.2, 0.25) is 0 Å². The van der Waals surface area contributed by atoms with Crippen molar-refractivity contribution in [3.63, 3.8) is 0 Å². The molecule has 3 aliphatic rings. The van der Waals surface area contributed by atoms with E-state index in [-0.39, 0.29) is 12.5 Å². The van der Waals surface area contributed by atoms with Crippen LogP contribution in [0.5, 0.6) is 11.5 Å². The summed E-state index contributed by atoms with van der Waals surface area (Å²) >= 11 is 0. The number of rotatable bonds is 8. The Kier molecular flexibility index (Phi) is 7.93. The highest BCUT2D eigenvalue weighted by atomic mass is 16.6. The van der Waals surface area contributed by atoms with Gasteiger partial charge in [0.2, 0.25) is 11.8 Å². The van der Waals surface area contributed by atoms with Crippen molar-refractivity contribution in [3.05, 3.63) is 108 Å². The van der Waals surface area contributed by atoms with E-state index in [2.05, 4.69) is 11.9 Å². The van der Waals surface area contributed by atoms with Gasteiger partial charge in [0.25, 0.3) is 5.72 Å². The van der Waals surface area contributed by atoms with Gasteiger partial charge >= 0.3 is 5.97 Å². The van der Waals surface area contributed by atoms with E-state index in [1.165, 1.54) is 18.9 Å². The predicted octanol–water partition coefficient (Wildman–Crippen LogP) is 4.38. The number of benzene rings is 3. The second-order valence-corrected chi connectivity index (χ2v) is 9.01. The molecule has 196 valence electrons. The van der Waals surface area contributed by atoms with Crippen LogP contribution in [0, 0.1) is 0 Å². The molecule has 8 heteroatoms. The molecule has 3 aromatic rings. The summed E-state index contributed by atoms with van der Waals surface area (Å²) in [4.78, 5) is 38.8. The van der Waals surface area contributed by atoms with Gasteiger partial charge in [-0.05, 0) is 35.8 Å². The third-order valence-electron chi connectivity index (χ3n) is 6.31. The number of carbonyl (C=O) groups is 3. The summed E-state index contributed by atoms with van der Waals surface area (Å²) in [6.07, 6.45) is -0.703. The third-order valence-corrected chi connectivity index (χ3v) is 6.31. The van der Waals surface area contributed by atoms with Crippen LogP contribution < -0.4 is 10.1 Å². The van der Waals surface area contributed by atoms with E-state index in [4.69, 9.17) is 14.2 Å². The minimum absolute atomic E-state index is 0.107. The largest absolute Gasteiger partial charge is 0.457 e. The number of nitrogens with zero attached hydrogens (tertiary/aromatic N) is 1.